The molecule has 3 atom stereocenters. The highest BCUT2D eigenvalue weighted by atomic mass is 16.5. The molecule has 2 rings (SSSR count). The van der Waals surface area contributed by atoms with Gasteiger partial charge in [-0.2, -0.15) is 5.26 Å². The van der Waals surface area contributed by atoms with Crippen molar-refractivity contribution in [3.05, 3.63) is 0 Å². The van der Waals surface area contributed by atoms with Crippen LogP contribution in [0.25, 0.3) is 0 Å². The van der Waals surface area contributed by atoms with Crippen LogP contribution in [0.1, 0.15) is 46.0 Å². The van der Waals surface area contributed by atoms with Gasteiger partial charge in [0.2, 0.25) is 0 Å². The van der Waals surface area contributed by atoms with Crippen LogP contribution in [-0.4, -0.2) is 25.4 Å². The Morgan fingerprint density at radius 2 is 2.24 bits per heavy atom. The Morgan fingerprint density at radius 1 is 1.41 bits per heavy atom. The van der Waals surface area contributed by atoms with Crippen molar-refractivity contribution in [3.63, 3.8) is 0 Å². The lowest BCUT2D eigenvalue weighted by molar-refractivity contribution is 0.0538. The molecule has 3 heteroatoms. The molecule has 0 radical (unpaired) electrons. The fourth-order valence-electron chi connectivity index (χ4n) is 2.91. The molecule has 2 bridgehead atoms. The molecule has 2 heterocycles. The summed E-state index contributed by atoms with van der Waals surface area (Å²) < 4.78 is 11.4. The lowest BCUT2D eigenvalue weighted by Crippen LogP contribution is -2.32. The molecule has 0 amide bonds. The van der Waals surface area contributed by atoms with Crippen molar-refractivity contribution in [3.8, 4) is 6.07 Å². The van der Waals surface area contributed by atoms with Crippen molar-refractivity contribution in [2.75, 3.05) is 13.2 Å². The number of hydrogen-bond acceptors (Lipinski definition) is 3. The highest BCUT2D eigenvalue weighted by Gasteiger charge is 2.52. The minimum atomic E-state index is -0.249. The van der Waals surface area contributed by atoms with Gasteiger partial charge in [-0.3, -0.25) is 0 Å². The maximum absolute atomic E-state index is 9.40. The molecule has 0 aliphatic carbocycles. The van der Waals surface area contributed by atoms with Gasteiger partial charge < -0.3 is 9.47 Å². The summed E-state index contributed by atoms with van der Waals surface area (Å²) in [5.74, 6) is 0.686. The molecule has 0 saturated carbocycles. The van der Waals surface area contributed by atoms with Gasteiger partial charge in [0, 0.05) is 13.2 Å². The highest BCUT2D eigenvalue weighted by Crippen LogP contribution is 2.49. The first kappa shape index (κ1) is 12.9. The number of rotatable bonds is 6. The zero-order chi connectivity index (χ0) is 12.3. The van der Waals surface area contributed by atoms with Crippen LogP contribution in [0.15, 0.2) is 0 Å². The summed E-state index contributed by atoms with van der Waals surface area (Å²) in [7, 11) is 0. The predicted octanol–water partition coefficient (Wildman–Crippen LogP) is 2.90. The molecule has 2 aliphatic rings. The van der Waals surface area contributed by atoms with Crippen molar-refractivity contribution in [1.29, 1.82) is 5.26 Å². The summed E-state index contributed by atoms with van der Waals surface area (Å²) in [5, 5.41) is 9.40. The summed E-state index contributed by atoms with van der Waals surface area (Å²) in [6, 6.07) is 2.50. The Morgan fingerprint density at radius 3 is 2.76 bits per heavy atom. The number of hydrogen-bond donors (Lipinski definition) is 0. The number of nitriles is 1. The van der Waals surface area contributed by atoms with E-state index >= 15 is 0 Å². The molecule has 0 aromatic heterocycles. The Labute approximate surface area is 104 Å². The monoisotopic (exact) mass is 237 g/mol. The summed E-state index contributed by atoms with van der Waals surface area (Å²) in [6.45, 7) is 5.91. The maximum atomic E-state index is 9.40. The molecule has 17 heavy (non-hydrogen) atoms. The van der Waals surface area contributed by atoms with Gasteiger partial charge in [0.15, 0.2) is 0 Å². The van der Waals surface area contributed by atoms with Crippen LogP contribution < -0.4 is 0 Å². The van der Waals surface area contributed by atoms with E-state index in [4.69, 9.17) is 9.47 Å². The molecule has 0 spiro atoms. The highest BCUT2D eigenvalue weighted by molar-refractivity contribution is 5.12. The van der Waals surface area contributed by atoms with Crippen LogP contribution in [0.5, 0.6) is 0 Å². The topological polar surface area (TPSA) is 42.2 Å². The molecule has 2 fully saturated rings. The number of ether oxygens (including phenoxy) is 2. The molecule has 2 saturated heterocycles. The smallest absolute Gasteiger partial charge is 0.0881 e. The van der Waals surface area contributed by atoms with E-state index in [1.807, 2.05) is 0 Å². The largest absolute Gasteiger partial charge is 0.381 e. The quantitative estimate of drug-likeness (QED) is 0.667. The molecule has 3 unspecified atom stereocenters. The standard InChI is InChI=1S/C14H23NO2/c1-11(2)5-7-16-8-6-14(10-15)9-12-3-4-13(14)17-12/h11-13H,3-9H2,1-2H3. The summed E-state index contributed by atoms with van der Waals surface area (Å²) >= 11 is 0. The normalized spacial score (nSPS) is 35.4. The van der Waals surface area contributed by atoms with Gasteiger partial charge in [-0.25, -0.2) is 0 Å². The number of fused-ring (bicyclic) bond motifs is 2. The van der Waals surface area contributed by atoms with Gasteiger partial charge in [-0.15, -0.1) is 0 Å². The van der Waals surface area contributed by atoms with Crippen molar-refractivity contribution in [2.45, 2.75) is 58.2 Å². The Balaban J connectivity index is 1.72. The van der Waals surface area contributed by atoms with Gasteiger partial charge in [-0.05, 0) is 38.0 Å². The second-order valence-corrected chi connectivity index (χ2v) is 5.84. The molecule has 2 aliphatic heterocycles. The minimum absolute atomic E-state index is 0.172. The SMILES string of the molecule is CC(C)CCOCCC1(C#N)CC2CCC1O2. The van der Waals surface area contributed by atoms with Crippen LogP contribution >= 0.6 is 0 Å². The van der Waals surface area contributed by atoms with Crippen LogP contribution in [0, 0.1) is 22.7 Å². The van der Waals surface area contributed by atoms with Gasteiger partial charge >= 0.3 is 0 Å². The van der Waals surface area contributed by atoms with Gasteiger partial charge in [-0.1, -0.05) is 13.8 Å². The Hall–Kier alpha value is -0.590. The summed E-state index contributed by atoms with van der Waals surface area (Å²) in [5.41, 5.74) is -0.249. The minimum Gasteiger partial charge on any atom is -0.381 e. The molecule has 0 N–H and O–H groups in total. The maximum Gasteiger partial charge on any atom is 0.0881 e. The van der Waals surface area contributed by atoms with E-state index in [0.29, 0.717) is 18.6 Å². The first-order valence-corrected chi connectivity index (χ1v) is 6.81. The van der Waals surface area contributed by atoms with Crippen LogP contribution in [-0.2, 0) is 9.47 Å². The molecule has 96 valence electrons. The number of nitrogens with zero attached hydrogens (tertiary/aromatic N) is 1. The van der Waals surface area contributed by atoms with E-state index < -0.39 is 0 Å². The first-order valence-electron chi connectivity index (χ1n) is 6.81. The first-order chi connectivity index (χ1) is 8.16. The Bertz CT molecular complexity index is 297. The van der Waals surface area contributed by atoms with E-state index in [1.54, 1.807) is 0 Å². The van der Waals surface area contributed by atoms with Crippen LogP contribution in [0.2, 0.25) is 0 Å². The third-order valence-electron chi connectivity index (χ3n) is 4.07. The Kier molecular flexibility index (Phi) is 4.06. The van der Waals surface area contributed by atoms with Crippen molar-refractivity contribution in [2.24, 2.45) is 11.3 Å². The van der Waals surface area contributed by atoms with Gasteiger partial charge in [0.05, 0.1) is 23.7 Å². The molecule has 3 nitrogen and oxygen atoms in total. The van der Waals surface area contributed by atoms with Crippen LogP contribution in [0.4, 0.5) is 0 Å². The summed E-state index contributed by atoms with van der Waals surface area (Å²) in [6.07, 6.45) is 5.57. The average Bonchev–Trinajstić information content (AvgIpc) is 2.88. The summed E-state index contributed by atoms with van der Waals surface area (Å²) in [4.78, 5) is 0. The van der Waals surface area contributed by atoms with E-state index in [2.05, 4.69) is 19.9 Å². The van der Waals surface area contributed by atoms with Crippen LogP contribution in [0.3, 0.4) is 0 Å². The zero-order valence-electron chi connectivity index (χ0n) is 10.9. The predicted molar refractivity (Wildman–Crippen MR) is 65.4 cm³/mol. The molecular formula is C14H23NO2. The second kappa shape index (κ2) is 5.37. The molecule has 0 aromatic rings. The lowest BCUT2D eigenvalue weighted by atomic mass is 9.73. The average molecular weight is 237 g/mol. The van der Waals surface area contributed by atoms with E-state index in [9.17, 15) is 5.26 Å². The zero-order valence-corrected chi connectivity index (χ0v) is 10.9. The van der Waals surface area contributed by atoms with Crippen molar-refractivity contribution >= 4 is 0 Å². The fraction of sp³-hybridized carbons (Fsp3) is 0.929. The third kappa shape index (κ3) is 2.81. The molecule has 0 aromatic carbocycles. The lowest BCUT2D eigenvalue weighted by Gasteiger charge is -2.27. The second-order valence-electron chi connectivity index (χ2n) is 5.84. The van der Waals surface area contributed by atoms with Gasteiger partial charge in [0.25, 0.3) is 0 Å². The van der Waals surface area contributed by atoms with E-state index in [1.165, 1.54) is 0 Å². The van der Waals surface area contributed by atoms with Crippen molar-refractivity contribution in [1.82, 2.24) is 0 Å². The molecular weight excluding hydrogens is 214 g/mol. The fourth-order valence-corrected chi connectivity index (χ4v) is 2.91. The van der Waals surface area contributed by atoms with Gasteiger partial charge in [0.1, 0.15) is 0 Å². The third-order valence-corrected chi connectivity index (χ3v) is 4.07. The van der Waals surface area contributed by atoms with Crippen molar-refractivity contribution < 1.29 is 9.47 Å². The van der Waals surface area contributed by atoms with E-state index in [-0.39, 0.29) is 11.5 Å². The van der Waals surface area contributed by atoms with E-state index in [0.717, 1.165) is 38.7 Å².